The van der Waals surface area contributed by atoms with E-state index in [4.69, 9.17) is 0 Å². The van der Waals surface area contributed by atoms with Crippen molar-refractivity contribution in [1.82, 2.24) is 15.1 Å². The Kier molecular flexibility index (Phi) is 4.59. The number of rotatable bonds is 2. The SMILES string of the molecule is CNC(=O)N1CCN(C(C)C)CC1C(C)C. The number of hydrogen-bond donors (Lipinski definition) is 1. The molecule has 1 fully saturated rings. The van der Waals surface area contributed by atoms with Gasteiger partial charge in [-0.05, 0) is 19.8 Å². The molecule has 4 heteroatoms. The maximum atomic E-state index is 11.8. The van der Waals surface area contributed by atoms with E-state index in [0.717, 1.165) is 19.6 Å². The third-order valence-electron chi connectivity index (χ3n) is 3.42. The Bertz CT molecular complexity index is 240. The fourth-order valence-corrected chi connectivity index (χ4v) is 2.27. The lowest BCUT2D eigenvalue weighted by Crippen LogP contribution is -2.60. The quantitative estimate of drug-likeness (QED) is 0.773. The zero-order valence-electron chi connectivity index (χ0n) is 11.2. The van der Waals surface area contributed by atoms with Crippen LogP contribution in [0.25, 0.3) is 0 Å². The summed E-state index contributed by atoms with van der Waals surface area (Å²) < 4.78 is 0. The lowest BCUT2D eigenvalue weighted by molar-refractivity contribution is 0.0572. The lowest BCUT2D eigenvalue weighted by Gasteiger charge is -2.44. The molecule has 2 amide bonds. The van der Waals surface area contributed by atoms with Crippen LogP contribution in [-0.2, 0) is 0 Å². The molecule has 0 spiro atoms. The summed E-state index contributed by atoms with van der Waals surface area (Å²) in [6.07, 6.45) is 0. The second-order valence-corrected chi connectivity index (χ2v) is 5.15. The molecule has 1 atom stereocenters. The van der Waals surface area contributed by atoms with Crippen LogP contribution in [0.5, 0.6) is 0 Å². The minimum Gasteiger partial charge on any atom is -0.341 e. The molecule has 1 unspecified atom stereocenters. The van der Waals surface area contributed by atoms with Crippen molar-refractivity contribution in [2.75, 3.05) is 26.7 Å². The van der Waals surface area contributed by atoms with E-state index in [1.54, 1.807) is 7.05 Å². The van der Waals surface area contributed by atoms with Gasteiger partial charge in [0.05, 0.1) is 0 Å². The molecule has 1 aliphatic heterocycles. The van der Waals surface area contributed by atoms with Crippen molar-refractivity contribution >= 4 is 6.03 Å². The van der Waals surface area contributed by atoms with Gasteiger partial charge >= 0.3 is 6.03 Å². The van der Waals surface area contributed by atoms with Crippen LogP contribution in [0.3, 0.4) is 0 Å². The highest BCUT2D eigenvalue weighted by molar-refractivity contribution is 5.74. The third kappa shape index (κ3) is 2.88. The highest BCUT2D eigenvalue weighted by Crippen LogP contribution is 2.18. The molecule has 1 N–H and O–H groups in total. The predicted octanol–water partition coefficient (Wildman–Crippen LogP) is 1.38. The van der Waals surface area contributed by atoms with Gasteiger partial charge in [-0.1, -0.05) is 13.8 Å². The van der Waals surface area contributed by atoms with Crippen LogP contribution in [0, 0.1) is 5.92 Å². The van der Waals surface area contributed by atoms with Crippen LogP contribution in [0.4, 0.5) is 4.79 Å². The Labute approximate surface area is 99.0 Å². The molecule has 94 valence electrons. The first kappa shape index (κ1) is 13.3. The Morgan fingerprint density at radius 1 is 1.25 bits per heavy atom. The van der Waals surface area contributed by atoms with Gasteiger partial charge in [-0.3, -0.25) is 4.90 Å². The summed E-state index contributed by atoms with van der Waals surface area (Å²) in [6, 6.07) is 0.950. The smallest absolute Gasteiger partial charge is 0.317 e. The fraction of sp³-hybridized carbons (Fsp3) is 0.917. The van der Waals surface area contributed by atoms with Crippen molar-refractivity contribution in [3.8, 4) is 0 Å². The van der Waals surface area contributed by atoms with Crippen LogP contribution in [0.15, 0.2) is 0 Å². The molecule has 0 bridgehead atoms. The highest BCUT2D eigenvalue weighted by atomic mass is 16.2. The second-order valence-electron chi connectivity index (χ2n) is 5.15. The number of carbonyl (C=O) groups excluding carboxylic acids is 1. The number of hydrogen-bond acceptors (Lipinski definition) is 2. The molecule has 1 aliphatic rings. The molecule has 1 saturated heterocycles. The highest BCUT2D eigenvalue weighted by Gasteiger charge is 2.32. The summed E-state index contributed by atoms with van der Waals surface area (Å²) in [5.41, 5.74) is 0. The van der Waals surface area contributed by atoms with Gasteiger partial charge in [0.2, 0.25) is 0 Å². The number of carbonyl (C=O) groups is 1. The summed E-state index contributed by atoms with van der Waals surface area (Å²) >= 11 is 0. The Morgan fingerprint density at radius 2 is 1.88 bits per heavy atom. The molecule has 0 aromatic carbocycles. The minimum absolute atomic E-state index is 0.0575. The van der Waals surface area contributed by atoms with Gasteiger partial charge < -0.3 is 10.2 Å². The molecule has 0 aromatic heterocycles. The van der Waals surface area contributed by atoms with Gasteiger partial charge in [0.15, 0.2) is 0 Å². The summed E-state index contributed by atoms with van der Waals surface area (Å²) in [7, 11) is 1.70. The van der Waals surface area contributed by atoms with Crippen molar-refractivity contribution < 1.29 is 4.79 Å². The zero-order valence-corrected chi connectivity index (χ0v) is 11.2. The van der Waals surface area contributed by atoms with E-state index in [0.29, 0.717) is 18.0 Å². The summed E-state index contributed by atoms with van der Waals surface area (Å²) in [5, 5.41) is 2.73. The maximum absolute atomic E-state index is 11.8. The standard InChI is InChI=1S/C12H25N3O/c1-9(2)11-8-14(10(3)4)6-7-15(11)12(16)13-5/h9-11H,6-8H2,1-5H3,(H,13,16). The van der Waals surface area contributed by atoms with Gasteiger partial charge in [0.1, 0.15) is 0 Å². The van der Waals surface area contributed by atoms with E-state index in [1.807, 2.05) is 4.90 Å². The number of piperazine rings is 1. The van der Waals surface area contributed by atoms with Crippen molar-refractivity contribution in [3.63, 3.8) is 0 Å². The van der Waals surface area contributed by atoms with Gasteiger partial charge in [-0.25, -0.2) is 4.79 Å². The van der Waals surface area contributed by atoms with Crippen LogP contribution in [-0.4, -0.2) is 54.6 Å². The topological polar surface area (TPSA) is 35.6 Å². The average Bonchev–Trinajstić information content (AvgIpc) is 2.26. The molecule has 0 aliphatic carbocycles. The van der Waals surface area contributed by atoms with E-state index >= 15 is 0 Å². The number of nitrogens with one attached hydrogen (secondary N) is 1. The molecule has 0 aromatic rings. The molecule has 4 nitrogen and oxygen atoms in total. The molecule has 1 heterocycles. The van der Waals surface area contributed by atoms with Crippen LogP contribution >= 0.6 is 0 Å². The first-order valence-electron chi connectivity index (χ1n) is 6.19. The van der Waals surface area contributed by atoms with E-state index in [-0.39, 0.29) is 6.03 Å². The number of nitrogens with zero attached hydrogens (tertiary/aromatic N) is 2. The average molecular weight is 227 g/mol. The monoisotopic (exact) mass is 227 g/mol. The molecule has 0 saturated carbocycles. The molecule has 16 heavy (non-hydrogen) atoms. The first-order chi connectivity index (χ1) is 7.47. The fourth-order valence-electron chi connectivity index (χ4n) is 2.27. The van der Waals surface area contributed by atoms with E-state index < -0.39 is 0 Å². The zero-order chi connectivity index (χ0) is 12.3. The normalized spacial score (nSPS) is 22.9. The van der Waals surface area contributed by atoms with Crippen LogP contribution in [0.2, 0.25) is 0 Å². The number of urea groups is 1. The first-order valence-corrected chi connectivity index (χ1v) is 6.19. The lowest BCUT2D eigenvalue weighted by atomic mass is 9.99. The van der Waals surface area contributed by atoms with Gasteiger partial charge in [0.25, 0.3) is 0 Å². The Morgan fingerprint density at radius 3 is 2.31 bits per heavy atom. The maximum Gasteiger partial charge on any atom is 0.317 e. The molecule has 1 rings (SSSR count). The summed E-state index contributed by atoms with van der Waals surface area (Å²) in [6.45, 7) is 11.6. The van der Waals surface area contributed by atoms with Gasteiger partial charge in [-0.15, -0.1) is 0 Å². The second kappa shape index (κ2) is 5.53. The van der Waals surface area contributed by atoms with Crippen molar-refractivity contribution in [1.29, 1.82) is 0 Å². The summed E-state index contributed by atoms with van der Waals surface area (Å²) in [4.78, 5) is 16.2. The van der Waals surface area contributed by atoms with E-state index in [2.05, 4.69) is 37.9 Å². The van der Waals surface area contributed by atoms with Gasteiger partial charge in [0, 0.05) is 38.8 Å². The largest absolute Gasteiger partial charge is 0.341 e. The Balaban J connectivity index is 2.71. The predicted molar refractivity (Wildman–Crippen MR) is 66.5 cm³/mol. The van der Waals surface area contributed by atoms with Gasteiger partial charge in [-0.2, -0.15) is 0 Å². The van der Waals surface area contributed by atoms with E-state index in [9.17, 15) is 4.79 Å². The van der Waals surface area contributed by atoms with E-state index in [1.165, 1.54) is 0 Å². The van der Waals surface area contributed by atoms with Crippen molar-refractivity contribution in [2.45, 2.75) is 39.8 Å². The number of amides is 2. The van der Waals surface area contributed by atoms with Crippen molar-refractivity contribution in [2.24, 2.45) is 5.92 Å². The molecular formula is C12H25N3O. The minimum atomic E-state index is 0.0575. The third-order valence-corrected chi connectivity index (χ3v) is 3.42. The Hall–Kier alpha value is -0.770. The van der Waals surface area contributed by atoms with Crippen LogP contribution < -0.4 is 5.32 Å². The summed E-state index contributed by atoms with van der Waals surface area (Å²) in [5.74, 6) is 0.499. The van der Waals surface area contributed by atoms with Crippen molar-refractivity contribution in [3.05, 3.63) is 0 Å². The van der Waals surface area contributed by atoms with Crippen LogP contribution in [0.1, 0.15) is 27.7 Å². The molecular weight excluding hydrogens is 202 g/mol. The molecule has 0 radical (unpaired) electrons.